The highest BCUT2D eigenvalue weighted by Crippen LogP contribution is 2.20. The van der Waals surface area contributed by atoms with Crippen LogP contribution in [0.5, 0.6) is 0 Å². The molecule has 0 fully saturated rings. The quantitative estimate of drug-likeness (QED) is 0.844. The Morgan fingerprint density at radius 1 is 1.55 bits per heavy atom. The van der Waals surface area contributed by atoms with Crippen molar-refractivity contribution >= 4 is 15.8 Å². The molecule has 2 aromatic heterocycles. The van der Waals surface area contributed by atoms with Crippen LogP contribution in [0, 0.1) is 6.92 Å². The zero-order chi connectivity index (χ0) is 14.9. The van der Waals surface area contributed by atoms with Gasteiger partial charge in [0, 0.05) is 12.7 Å². The summed E-state index contributed by atoms with van der Waals surface area (Å²) in [5.74, 6) is 0.882. The highest BCUT2D eigenvalue weighted by molar-refractivity contribution is 7.89. The number of aromatic nitrogens is 3. The van der Waals surface area contributed by atoms with E-state index in [1.807, 2.05) is 6.92 Å². The molecule has 1 atom stereocenters. The summed E-state index contributed by atoms with van der Waals surface area (Å²) in [5.41, 5.74) is 5.63. The number of hydrogen-bond acceptors (Lipinski definition) is 6. The van der Waals surface area contributed by atoms with Crippen molar-refractivity contribution in [3.8, 4) is 0 Å². The van der Waals surface area contributed by atoms with Crippen LogP contribution in [-0.4, -0.2) is 23.2 Å². The molecule has 2 heterocycles. The van der Waals surface area contributed by atoms with E-state index >= 15 is 0 Å². The number of nitrogens with zero attached hydrogens (tertiary/aromatic N) is 3. The first-order valence-corrected chi connectivity index (χ1v) is 7.59. The van der Waals surface area contributed by atoms with Crippen LogP contribution in [0.3, 0.4) is 0 Å². The van der Waals surface area contributed by atoms with Crippen molar-refractivity contribution in [2.75, 3.05) is 5.73 Å². The van der Waals surface area contributed by atoms with Crippen molar-refractivity contribution < 1.29 is 12.8 Å². The van der Waals surface area contributed by atoms with E-state index < -0.39 is 16.1 Å². The molecule has 3 N–H and O–H groups in total. The van der Waals surface area contributed by atoms with Gasteiger partial charge in [-0.2, -0.15) is 9.82 Å². The fourth-order valence-corrected chi connectivity index (χ4v) is 2.98. The topological polar surface area (TPSA) is 116 Å². The van der Waals surface area contributed by atoms with Crippen LogP contribution in [0.2, 0.25) is 0 Å². The fourth-order valence-electron chi connectivity index (χ4n) is 1.71. The van der Waals surface area contributed by atoms with Gasteiger partial charge >= 0.3 is 0 Å². The maximum absolute atomic E-state index is 12.3. The molecule has 0 saturated heterocycles. The van der Waals surface area contributed by atoms with E-state index in [4.69, 9.17) is 10.2 Å². The van der Waals surface area contributed by atoms with E-state index in [0.717, 1.165) is 0 Å². The van der Waals surface area contributed by atoms with Crippen LogP contribution in [0.15, 0.2) is 21.7 Å². The first-order valence-electron chi connectivity index (χ1n) is 6.11. The predicted molar refractivity (Wildman–Crippen MR) is 72.3 cm³/mol. The van der Waals surface area contributed by atoms with Gasteiger partial charge in [0.2, 0.25) is 15.9 Å². The number of aryl methyl sites for hydroxylation is 2. The molecular formula is C11H17N5O3S. The number of rotatable bonds is 5. The number of nitrogen functional groups attached to an aromatic ring is 1. The Hall–Kier alpha value is -1.87. The molecule has 0 radical (unpaired) electrons. The molecule has 110 valence electrons. The fraction of sp³-hybridized carbons (Fsp3) is 0.455. The van der Waals surface area contributed by atoms with Crippen molar-refractivity contribution in [2.45, 2.75) is 38.3 Å². The summed E-state index contributed by atoms with van der Waals surface area (Å²) < 4.78 is 33.7. The molecule has 9 heteroatoms. The monoisotopic (exact) mass is 299 g/mol. The van der Waals surface area contributed by atoms with E-state index in [1.165, 1.54) is 17.1 Å². The molecule has 0 saturated carbocycles. The van der Waals surface area contributed by atoms with Gasteiger partial charge in [0.15, 0.2) is 5.82 Å². The Balaban J connectivity index is 2.24. The normalized spacial score (nSPS) is 13.6. The molecule has 0 aliphatic heterocycles. The van der Waals surface area contributed by atoms with Crippen molar-refractivity contribution in [2.24, 2.45) is 0 Å². The molecule has 0 aliphatic carbocycles. The van der Waals surface area contributed by atoms with Crippen LogP contribution >= 0.6 is 0 Å². The zero-order valence-electron chi connectivity index (χ0n) is 11.5. The Morgan fingerprint density at radius 2 is 2.25 bits per heavy atom. The van der Waals surface area contributed by atoms with Crippen molar-refractivity contribution in [3.63, 3.8) is 0 Å². The molecule has 2 aromatic rings. The molecule has 0 bridgehead atoms. The minimum Gasteiger partial charge on any atom is -0.444 e. The summed E-state index contributed by atoms with van der Waals surface area (Å²) in [6.45, 7) is 5.76. The maximum atomic E-state index is 12.3. The van der Waals surface area contributed by atoms with Crippen molar-refractivity contribution in [1.82, 2.24) is 19.5 Å². The number of nitrogens with one attached hydrogen (secondary N) is 1. The van der Waals surface area contributed by atoms with Crippen molar-refractivity contribution in [3.05, 3.63) is 24.0 Å². The number of nitrogens with two attached hydrogens (primary N) is 1. The highest BCUT2D eigenvalue weighted by atomic mass is 32.2. The first kappa shape index (κ1) is 14.5. The van der Waals surface area contributed by atoms with Gasteiger partial charge in [-0.1, -0.05) is 0 Å². The summed E-state index contributed by atoms with van der Waals surface area (Å²) in [6, 6.07) is -0.599. The Morgan fingerprint density at radius 3 is 2.75 bits per heavy atom. The third-order valence-corrected chi connectivity index (χ3v) is 4.27. The molecular weight excluding hydrogens is 282 g/mol. The van der Waals surface area contributed by atoms with Gasteiger partial charge in [0.05, 0.1) is 12.2 Å². The molecule has 1 unspecified atom stereocenters. The average molecular weight is 299 g/mol. The lowest BCUT2D eigenvalue weighted by Gasteiger charge is -2.10. The van der Waals surface area contributed by atoms with Gasteiger partial charge in [-0.25, -0.2) is 13.4 Å². The second-order valence-corrected chi connectivity index (χ2v) is 6.07. The lowest BCUT2D eigenvalue weighted by Crippen LogP contribution is -2.27. The number of oxazole rings is 1. The Kier molecular flexibility index (Phi) is 3.82. The van der Waals surface area contributed by atoms with Crippen LogP contribution in [-0.2, 0) is 16.6 Å². The zero-order valence-corrected chi connectivity index (χ0v) is 12.3. The number of sulfonamides is 1. The minimum absolute atomic E-state index is 0.0323. The van der Waals surface area contributed by atoms with Crippen LogP contribution in [0.1, 0.15) is 31.5 Å². The molecule has 0 aromatic carbocycles. The molecule has 0 spiro atoms. The molecule has 0 amide bonds. The van der Waals surface area contributed by atoms with E-state index in [1.54, 1.807) is 13.8 Å². The third kappa shape index (κ3) is 2.83. The van der Waals surface area contributed by atoms with Gasteiger partial charge in [0.25, 0.3) is 0 Å². The van der Waals surface area contributed by atoms with Gasteiger partial charge in [0.1, 0.15) is 10.7 Å². The van der Waals surface area contributed by atoms with Crippen LogP contribution in [0.4, 0.5) is 5.82 Å². The third-order valence-electron chi connectivity index (χ3n) is 2.71. The number of hydrogen-bond donors (Lipinski definition) is 2. The smallest absolute Gasteiger partial charge is 0.246 e. The first-order chi connectivity index (χ1) is 9.33. The number of anilines is 1. The van der Waals surface area contributed by atoms with Gasteiger partial charge in [-0.3, -0.25) is 4.68 Å². The predicted octanol–water partition coefficient (Wildman–Crippen LogP) is 0.821. The summed E-state index contributed by atoms with van der Waals surface area (Å²) in [7, 11) is -3.78. The lowest BCUT2D eigenvalue weighted by atomic mass is 10.4. The molecule has 2 rings (SSSR count). The maximum Gasteiger partial charge on any atom is 0.246 e. The van der Waals surface area contributed by atoms with E-state index in [0.29, 0.717) is 18.2 Å². The summed E-state index contributed by atoms with van der Waals surface area (Å²) in [6.07, 6.45) is 2.93. The van der Waals surface area contributed by atoms with Crippen molar-refractivity contribution in [1.29, 1.82) is 0 Å². The van der Waals surface area contributed by atoms with Crippen LogP contribution in [0.25, 0.3) is 0 Å². The standard InChI is InChI=1S/C11H17N5O3S/c1-4-16-6-9(10(12)14-16)20(17,18)15-8(3)11-13-5-7(2)19-11/h5-6,8,15H,4H2,1-3H3,(H2,12,14). The second-order valence-electron chi connectivity index (χ2n) is 4.39. The summed E-state index contributed by atoms with van der Waals surface area (Å²) >= 11 is 0. The van der Waals surface area contributed by atoms with E-state index in [2.05, 4.69) is 14.8 Å². The van der Waals surface area contributed by atoms with Crippen LogP contribution < -0.4 is 10.5 Å². The van der Waals surface area contributed by atoms with E-state index in [-0.39, 0.29) is 10.7 Å². The second kappa shape index (κ2) is 5.25. The Labute approximate surface area is 117 Å². The highest BCUT2D eigenvalue weighted by Gasteiger charge is 2.25. The summed E-state index contributed by atoms with van der Waals surface area (Å²) in [4.78, 5) is 3.94. The van der Waals surface area contributed by atoms with Gasteiger partial charge < -0.3 is 10.2 Å². The average Bonchev–Trinajstić information content (AvgIpc) is 2.95. The molecule has 0 aliphatic rings. The van der Waals surface area contributed by atoms with Gasteiger partial charge in [-0.15, -0.1) is 0 Å². The minimum atomic E-state index is -3.78. The summed E-state index contributed by atoms with van der Waals surface area (Å²) in [5, 5.41) is 3.92. The molecule has 20 heavy (non-hydrogen) atoms. The largest absolute Gasteiger partial charge is 0.444 e. The lowest BCUT2D eigenvalue weighted by molar-refractivity contribution is 0.428. The Bertz CT molecular complexity index is 703. The SMILES string of the molecule is CCn1cc(S(=O)(=O)NC(C)c2ncc(C)o2)c(N)n1. The van der Waals surface area contributed by atoms with Gasteiger partial charge in [-0.05, 0) is 20.8 Å². The van der Waals surface area contributed by atoms with E-state index in [9.17, 15) is 8.42 Å². The molecule has 8 nitrogen and oxygen atoms in total.